The van der Waals surface area contributed by atoms with Crippen LogP contribution in [0.3, 0.4) is 0 Å². The summed E-state index contributed by atoms with van der Waals surface area (Å²) in [6, 6.07) is 42.7. The average molecular weight is 646 g/mol. The number of benzene rings is 3. The van der Waals surface area contributed by atoms with Gasteiger partial charge in [0.1, 0.15) is 11.9 Å². The number of nitrogens with zero attached hydrogens (tertiary/aromatic N) is 3. The van der Waals surface area contributed by atoms with Crippen molar-refractivity contribution >= 4 is 0 Å². The number of hydrogen-bond donors (Lipinski definition) is 0. The third-order valence-electron chi connectivity index (χ3n) is 10.1. The zero-order valence-electron chi connectivity index (χ0n) is 27.6. The lowest BCUT2D eigenvalue weighted by atomic mass is 9.59. The van der Waals surface area contributed by atoms with Gasteiger partial charge in [-0.2, -0.15) is 0 Å². The second-order valence-corrected chi connectivity index (χ2v) is 13.0. The molecule has 6 aromatic rings. The molecule has 1 aliphatic heterocycles. The summed E-state index contributed by atoms with van der Waals surface area (Å²) < 4.78 is 6.69. The Bertz CT molecular complexity index is 2280. The minimum Gasteiger partial charge on any atom is -0.485 e. The van der Waals surface area contributed by atoms with Gasteiger partial charge in [0.05, 0.1) is 28.2 Å². The Morgan fingerprint density at radius 2 is 1.26 bits per heavy atom. The SMILES string of the molecule is C1=CCCC(C2(c3cccc(-c4cccc(-c5cc(-c6ccccn6)nc(-c6ccccn6)c5)c4)c3)C3=CC=CCC3Oc3ccccc32)=C1. The van der Waals surface area contributed by atoms with Gasteiger partial charge in [-0.05, 0) is 101 Å². The normalized spacial score (nSPS) is 19.1. The molecule has 0 saturated carbocycles. The molecule has 0 fully saturated rings. The van der Waals surface area contributed by atoms with Crippen LogP contribution < -0.4 is 4.74 Å². The summed E-state index contributed by atoms with van der Waals surface area (Å²) in [6.45, 7) is 0. The summed E-state index contributed by atoms with van der Waals surface area (Å²) in [7, 11) is 0. The third kappa shape index (κ3) is 5.21. The summed E-state index contributed by atoms with van der Waals surface area (Å²) in [5.41, 5.74) is 12.6. The van der Waals surface area contributed by atoms with Crippen LogP contribution in [0.15, 0.2) is 181 Å². The number of fused-ring (bicyclic) bond motifs is 2. The van der Waals surface area contributed by atoms with Gasteiger partial charge in [-0.3, -0.25) is 9.97 Å². The smallest absolute Gasteiger partial charge is 0.125 e. The minimum atomic E-state index is -0.428. The van der Waals surface area contributed by atoms with E-state index in [9.17, 15) is 0 Å². The predicted octanol–water partition coefficient (Wildman–Crippen LogP) is 10.7. The van der Waals surface area contributed by atoms with Crippen molar-refractivity contribution in [2.45, 2.75) is 30.8 Å². The first-order chi connectivity index (χ1) is 24.8. The Labute approximate surface area is 292 Å². The maximum atomic E-state index is 6.69. The van der Waals surface area contributed by atoms with Crippen LogP contribution in [0, 0.1) is 0 Å². The molecule has 0 radical (unpaired) electrons. The van der Waals surface area contributed by atoms with Crippen LogP contribution in [0.1, 0.15) is 30.4 Å². The van der Waals surface area contributed by atoms with Crippen LogP contribution in [-0.4, -0.2) is 21.1 Å². The minimum absolute atomic E-state index is 0.0121. The molecule has 3 aromatic carbocycles. The molecule has 0 bridgehead atoms. The molecule has 0 spiro atoms. The Kier molecular flexibility index (Phi) is 7.62. The molecule has 9 rings (SSSR count). The lowest BCUT2D eigenvalue weighted by Gasteiger charge is -2.48. The van der Waals surface area contributed by atoms with E-state index in [0.717, 1.165) is 64.5 Å². The van der Waals surface area contributed by atoms with E-state index in [1.165, 1.54) is 27.8 Å². The van der Waals surface area contributed by atoms with Crippen LogP contribution in [-0.2, 0) is 5.41 Å². The van der Waals surface area contributed by atoms with Crippen LogP contribution in [0.5, 0.6) is 5.75 Å². The molecule has 2 atom stereocenters. The summed E-state index contributed by atoms with van der Waals surface area (Å²) in [4.78, 5) is 14.2. The Morgan fingerprint density at radius 3 is 1.98 bits per heavy atom. The van der Waals surface area contributed by atoms with Gasteiger partial charge in [0.25, 0.3) is 0 Å². The Balaban J connectivity index is 1.20. The molecule has 0 saturated heterocycles. The van der Waals surface area contributed by atoms with Crippen molar-refractivity contribution in [1.29, 1.82) is 0 Å². The molecule has 2 unspecified atom stereocenters. The number of aromatic nitrogens is 3. The van der Waals surface area contributed by atoms with Crippen molar-refractivity contribution in [3.63, 3.8) is 0 Å². The van der Waals surface area contributed by atoms with E-state index < -0.39 is 5.41 Å². The largest absolute Gasteiger partial charge is 0.485 e. The highest BCUT2D eigenvalue weighted by atomic mass is 16.5. The standard InChI is InChI=1S/C46H35N3O/c1-2-17-36(18-3-1)46(38-20-4-6-24-44(38)50-45-25-7-5-21-39(45)46)37-19-13-16-34(29-37)32-14-12-15-33(28-32)35-30-42(40-22-8-10-26-47-40)49-43(31-35)41-23-9-11-27-48-41/h1-2,4-17,19-24,26-31,45H,3,18,25H2. The lowest BCUT2D eigenvalue weighted by molar-refractivity contribution is 0.203. The highest BCUT2D eigenvalue weighted by molar-refractivity contribution is 5.79. The van der Waals surface area contributed by atoms with E-state index in [2.05, 4.69) is 131 Å². The predicted molar refractivity (Wildman–Crippen MR) is 202 cm³/mol. The van der Waals surface area contributed by atoms with Crippen molar-refractivity contribution in [3.8, 4) is 50.8 Å². The maximum absolute atomic E-state index is 6.69. The number of para-hydroxylation sites is 1. The van der Waals surface area contributed by atoms with E-state index in [1.54, 1.807) is 0 Å². The Hall–Kier alpha value is -6.13. The fourth-order valence-electron chi connectivity index (χ4n) is 7.85. The number of hydrogen-bond acceptors (Lipinski definition) is 4. The maximum Gasteiger partial charge on any atom is 0.125 e. The van der Waals surface area contributed by atoms with E-state index in [0.29, 0.717) is 0 Å². The van der Waals surface area contributed by atoms with E-state index in [4.69, 9.17) is 9.72 Å². The van der Waals surface area contributed by atoms with Crippen LogP contribution in [0.2, 0.25) is 0 Å². The van der Waals surface area contributed by atoms with Crippen molar-refractivity contribution in [3.05, 3.63) is 192 Å². The zero-order valence-corrected chi connectivity index (χ0v) is 27.6. The van der Waals surface area contributed by atoms with Crippen molar-refractivity contribution in [2.75, 3.05) is 0 Å². The van der Waals surface area contributed by atoms with Crippen molar-refractivity contribution in [1.82, 2.24) is 15.0 Å². The van der Waals surface area contributed by atoms with Crippen LogP contribution >= 0.6 is 0 Å². The molecule has 4 heteroatoms. The number of ether oxygens (including phenoxy) is 1. The molecular weight excluding hydrogens is 611 g/mol. The van der Waals surface area contributed by atoms with Gasteiger partial charge in [0.2, 0.25) is 0 Å². The monoisotopic (exact) mass is 645 g/mol. The molecule has 50 heavy (non-hydrogen) atoms. The summed E-state index contributed by atoms with van der Waals surface area (Å²) in [5.74, 6) is 0.970. The summed E-state index contributed by atoms with van der Waals surface area (Å²) in [5, 5.41) is 0. The fraction of sp³-hybridized carbons (Fsp3) is 0.109. The van der Waals surface area contributed by atoms with Crippen LogP contribution in [0.25, 0.3) is 45.0 Å². The molecule has 4 nitrogen and oxygen atoms in total. The van der Waals surface area contributed by atoms with E-state index in [-0.39, 0.29) is 6.10 Å². The highest BCUT2D eigenvalue weighted by Crippen LogP contribution is 2.56. The van der Waals surface area contributed by atoms with Gasteiger partial charge in [0.15, 0.2) is 0 Å². The second-order valence-electron chi connectivity index (χ2n) is 13.0. The first-order valence-electron chi connectivity index (χ1n) is 17.3. The molecule has 0 N–H and O–H groups in total. The molecule has 0 amide bonds. The molecular formula is C46H35N3O. The van der Waals surface area contributed by atoms with Gasteiger partial charge in [-0.1, -0.05) is 109 Å². The first kappa shape index (κ1) is 30.0. The second kappa shape index (κ2) is 12.7. The molecule has 3 aromatic heterocycles. The van der Waals surface area contributed by atoms with Crippen molar-refractivity contribution in [2.24, 2.45) is 0 Å². The lowest BCUT2D eigenvalue weighted by Crippen LogP contribution is -2.44. The number of pyridine rings is 3. The molecule has 3 aliphatic rings. The Morgan fingerprint density at radius 1 is 0.580 bits per heavy atom. The highest BCUT2D eigenvalue weighted by Gasteiger charge is 2.49. The summed E-state index contributed by atoms with van der Waals surface area (Å²) in [6.07, 6.45) is 20.1. The first-order valence-corrected chi connectivity index (χ1v) is 17.3. The molecule has 2 aliphatic carbocycles. The van der Waals surface area contributed by atoms with E-state index >= 15 is 0 Å². The zero-order chi connectivity index (χ0) is 33.3. The molecule has 4 heterocycles. The number of rotatable bonds is 6. The third-order valence-corrected chi connectivity index (χ3v) is 10.1. The summed E-state index contributed by atoms with van der Waals surface area (Å²) >= 11 is 0. The van der Waals surface area contributed by atoms with Crippen LogP contribution in [0.4, 0.5) is 0 Å². The topological polar surface area (TPSA) is 47.9 Å². The average Bonchev–Trinajstić information content (AvgIpc) is 3.21. The quantitative estimate of drug-likeness (QED) is 0.181. The van der Waals surface area contributed by atoms with Gasteiger partial charge < -0.3 is 4.74 Å². The van der Waals surface area contributed by atoms with Gasteiger partial charge in [-0.15, -0.1) is 0 Å². The molecule has 240 valence electrons. The fourth-order valence-corrected chi connectivity index (χ4v) is 7.85. The van der Waals surface area contributed by atoms with Gasteiger partial charge in [-0.25, -0.2) is 4.98 Å². The van der Waals surface area contributed by atoms with E-state index in [1.807, 2.05) is 48.8 Å². The van der Waals surface area contributed by atoms with Gasteiger partial charge >= 0.3 is 0 Å². The number of allylic oxidation sites excluding steroid dienone is 6. The van der Waals surface area contributed by atoms with Gasteiger partial charge in [0, 0.05) is 24.4 Å². The van der Waals surface area contributed by atoms with Crippen molar-refractivity contribution < 1.29 is 4.74 Å².